The van der Waals surface area contributed by atoms with E-state index in [1.807, 2.05) is 12.1 Å². The molecule has 0 spiro atoms. The second kappa shape index (κ2) is 4.08. The standard InChI is InChI=1S/C14H18FN/c15-13-3-1-2-4-14(13)16-9-12-8-10-5-6-11(12)7-10/h1-4,10-12,16H,5-9H2. The summed E-state index contributed by atoms with van der Waals surface area (Å²) in [6.07, 6.45) is 5.60. The molecule has 0 radical (unpaired) electrons. The average Bonchev–Trinajstić information content (AvgIpc) is 2.90. The van der Waals surface area contributed by atoms with Crippen LogP contribution in [0.25, 0.3) is 0 Å². The molecular weight excluding hydrogens is 201 g/mol. The number of anilines is 1. The van der Waals surface area contributed by atoms with Crippen molar-refractivity contribution >= 4 is 5.69 Å². The lowest BCUT2D eigenvalue weighted by Crippen LogP contribution is -2.20. The van der Waals surface area contributed by atoms with Crippen LogP contribution in [0.1, 0.15) is 25.7 Å². The Labute approximate surface area is 96.1 Å². The van der Waals surface area contributed by atoms with E-state index in [9.17, 15) is 4.39 Å². The average molecular weight is 219 g/mol. The molecule has 2 fully saturated rings. The molecule has 16 heavy (non-hydrogen) atoms. The lowest BCUT2D eigenvalue weighted by molar-refractivity contribution is 0.348. The van der Waals surface area contributed by atoms with Gasteiger partial charge in [0.25, 0.3) is 0 Å². The van der Waals surface area contributed by atoms with Gasteiger partial charge in [0.1, 0.15) is 5.82 Å². The fourth-order valence-corrected chi connectivity index (χ4v) is 3.47. The summed E-state index contributed by atoms with van der Waals surface area (Å²) < 4.78 is 13.4. The molecule has 0 amide bonds. The molecule has 0 aromatic heterocycles. The van der Waals surface area contributed by atoms with Crippen molar-refractivity contribution in [1.82, 2.24) is 0 Å². The highest BCUT2D eigenvalue weighted by atomic mass is 19.1. The molecule has 1 N–H and O–H groups in total. The number of fused-ring (bicyclic) bond motifs is 2. The molecule has 1 nitrogen and oxygen atoms in total. The van der Waals surface area contributed by atoms with Crippen LogP contribution in [0.4, 0.5) is 10.1 Å². The van der Waals surface area contributed by atoms with Crippen LogP contribution < -0.4 is 5.32 Å². The first kappa shape index (κ1) is 10.1. The van der Waals surface area contributed by atoms with E-state index in [0.29, 0.717) is 5.69 Å². The zero-order chi connectivity index (χ0) is 11.0. The molecule has 2 bridgehead atoms. The van der Waals surface area contributed by atoms with Crippen LogP contribution in [0.15, 0.2) is 24.3 Å². The highest BCUT2D eigenvalue weighted by molar-refractivity contribution is 5.44. The molecule has 1 aromatic carbocycles. The predicted molar refractivity (Wildman–Crippen MR) is 63.8 cm³/mol. The Kier molecular flexibility index (Phi) is 2.58. The van der Waals surface area contributed by atoms with Crippen molar-refractivity contribution in [3.8, 4) is 0 Å². The van der Waals surface area contributed by atoms with Gasteiger partial charge in [-0.1, -0.05) is 18.6 Å². The highest BCUT2D eigenvalue weighted by Gasteiger charge is 2.39. The van der Waals surface area contributed by atoms with Gasteiger partial charge >= 0.3 is 0 Å². The molecule has 3 atom stereocenters. The Morgan fingerprint density at radius 2 is 2.06 bits per heavy atom. The van der Waals surface area contributed by atoms with Crippen molar-refractivity contribution in [2.45, 2.75) is 25.7 Å². The summed E-state index contributed by atoms with van der Waals surface area (Å²) in [6.45, 7) is 0.947. The third kappa shape index (κ3) is 1.81. The SMILES string of the molecule is Fc1ccccc1NCC1CC2CCC1C2. The van der Waals surface area contributed by atoms with Crippen LogP contribution in [-0.4, -0.2) is 6.54 Å². The zero-order valence-corrected chi connectivity index (χ0v) is 9.45. The number of para-hydroxylation sites is 1. The molecule has 86 valence electrons. The molecule has 0 saturated heterocycles. The van der Waals surface area contributed by atoms with Crippen molar-refractivity contribution in [2.75, 3.05) is 11.9 Å². The van der Waals surface area contributed by atoms with Crippen LogP contribution in [0, 0.1) is 23.6 Å². The van der Waals surface area contributed by atoms with E-state index in [4.69, 9.17) is 0 Å². The Bertz CT molecular complexity index is 377. The van der Waals surface area contributed by atoms with Gasteiger partial charge in [-0.25, -0.2) is 4.39 Å². The third-order valence-corrected chi connectivity index (χ3v) is 4.31. The lowest BCUT2D eigenvalue weighted by atomic mass is 9.89. The van der Waals surface area contributed by atoms with Crippen LogP contribution in [0.5, 0.6) is 0 Å². The summed E-state index contributed by atoms with van der Waals surface area (Å²) in [6, 6.07) is 6.95. The minimum atomic E-state index is -0.134. The topological polar surface area (TPSA) is 12.0 Å². The van der Waals surface area contributed by atoms with Crippen LogP contribution in [0.3, 0.4) is 0 Å². The molecule has 1 aromatic rings. The summed E-state index contributed by atoms with van der Waals surface area (Å²) >= 11 is 0. The molecule has 2 saturated carbocycles. The Morgan fingerprint density at radius 3 is 2.75 bits per heavy atom. The smallest absolute Gasteiger partial charge is 0.146 e. The van der Waals surface area contributed by atoms with Crippen molar-refractivity contribution in [3.05, 3.63) is 30.1 Å². The maximum absolute atomic E-state index is 13.4. The summed E-state index contributed by atoms with van der Waals surface area (Å²) in [7, 11) is 0. The number of rotatable bonds is 3. The Morgan fingerprint density at radius 1 is 1.19 bits per heavy atom. The zero-order valence-electron chi connectivity index (χ0n) is 9.45. The van der Waals surface area contributed by atoms with Gasteiger partial charge in [0, 0.05) is 6.54 Å². The van der Waals surface area contributed by atoms with Gasteiger partial charge in [0.15, 0.2) is 0 Å². The van der Waals surface area contributed by atoms with E-state index in [1.54, 1.807) is 6.07 Å². The van der Waals surface area contributed by atoms with Gasteiger partial charge < -0.3 is 5.32 Å². The Balaban J connectivity index is 1.59. The number of hydrogen-bond donors (Lipinski definition) is 1. The first-order valence-corrected chi connectivity index (χ1v) is 6.31. The molecule has 3 rings (SSSR count). The maximum atomic E-state index is 13.4. The van der Waals surface area contributed by atoms with Crippen LogP contribution >= 0.6 is 0 Å². The molecule has 0 heterocycles. The van der Waals surface area contributed by atoms with Crippen LogP contribution in [0.2, 0.25) is 0 Å². The maximum Gasteiger partial charge on any atom is 0.146 e. The first-order chi connectivity index (χ1) is 7.83. The van der Waals surface area contributed by atoms with Crippen molar-refractivity contribution in [1.29, 1.82) is 0 Å². The highest BCUT2D eigenvalue weighted by Crippen LogP contribution is 2.48. The number of nitrogens with one attached hydrogen (secondary N) is 1. The second-order valence-corrected chi connectivity index (χ2v) is 5.30. The normalized spacial score (nSPS) is 31.9. The van der Waals surface area contributed by atoms with E-state index >= 15 is 0 Å². The lowest BCUT2D eigenvalue weighted by Gasteiger charge is -2.22. The third-order valence-electron chi connectivity index (χ3n) is 4.31. The number of halogens is 1. The number of benzene rings is 1. The van der Waals surface area contributed by atoms with Crippen molar-refractivity contribution in [2.24, 2.45) is 17.8 Å². The fraction of sp³-hybridized carbons (Fsp3) is 0.571. The summed E-state index contributed by atoms with van der Waals surface area (Å²) in [5.41, 5.74) is 0.658. The largest absolute Gasteiger partial charge is 0.382 e. The molecule has 0 aliphatic heterocycles. The fourth-order valence-electron chi connectivity index (χ4n) is 3.47. The van der Waals surface area contributed by atoms with Gasteiger partial charge in [0.2, 0.25) is 0 Å². The van der Waals surface area contributed by atoms with Gasteiger partial charge in [-0.2, -0.15) is 0 Å². The van der Waals surface area contributed by atoms with Crippen molar-refractivity contribution < 1.29 is 4.39 Å². The molecular formula is C14H18FN. The summed E-state index contributed by atoms with van der Waals surface area (Å²) in [5, 5.41) is 3.26. The van der Waals surface area contributed by atoms with E-state index < -0.39 is 0 Å². The van der Waals surface area contributed by atoms with Gasteiger partial charge in [-0.3, -0.25) is 0 Å². The van der Waals surface area contributed by atoms with Crippen molar-refractivity contribution in [3.63, 3.8) is 0 Å². The molecule has 2 aliphatic carbocycles. The van der Waals surface area contributed by atoms with E-state index in [2.05, 4.69) is 5.32 Å². The second-order valence-electron chi connectivity index (χ2n) is 5.30. The predicted octanol–water partition coefficient (Wildman–Crippen LogP) is 3.67. The summed E-state index contributed by atoms with van der Waals surface area (Å²) in [4.78, 5) is 0. The van der Waals surface area contributed by atoms with Crippen LogP contribution in [-0.2, 0) is 0 Å². The molecule has 2 aliphatic rings. The minimum Gasteiger partial charge on any atom is -0.382 e. The van der Waals surface area contributed by atoms with E-state index in [0.717, 1.165) is 24.3 Å². The number of hydrogen-bond acceptors (Lipinski definition) is 1. The quantitative estimate of drug-likeness (QED) is 0.817. The molecule has 2 heteroatoms. The van der Waals surface area contributed by atoms with Gasteiger partial charge in [-0.05, 0) is 49.1 Å². The summed E-state index contributed by atoms with van der Waals surface area (Å²) in [5.74, 6) is 2.52. The monoisotopic (exact) mass is 219 g/mol. The molecule has 3 unspecified atom stereocenters. The minimum absolute atomic E-state index is 0.134. The van der Waals surface area contributed by atoms with E-state index in [1.165, 1.54) is 31.7 Å². The van der Waals surface area contributed by atoms with E-state index in [-0.39, 0.29) is 5.82 Å². The first-order valence-electron chi connectivity index (χ1n) is 6.31. The van der Waals surface area contributed by atoms with Gasteiger partial charge in [0.05, 0.1) is 5.69 Å². The Hall–Kier alpha value is -1.05. The van der Waals surface area contributed by atoms with Gasteiger partial charge in [-0.15, -0.1) is 0 Å².